The van der Waals surface area contributed by atoms with Gasteiger partial charge in [-0.2, -0.15) is 0 Å². The lowest BCUT2D eigenvalue weighted by atomic mass is 9.91. The molecule has 1 unspecified atom stereocenters. The summed E-state index contributed by atoms with van der Waals surface area (Å²) in [4.78, 5) is 18.8. The average molecular weight is 311 g/mol. The molecule has 0 bridgehead atoms. The summed E-state index contributed by atoms with van der Waals surface area (Å²) in [5.41, 5.74) is 8.34. The number of hydrogen-bond acceptors (Lipinski definition) is 3. The highest BCUT2D eigenvalue weighted by molar-refractivity contribution is 5.87. The summed E-state index contributed by atoms with van der Waals surface area (Å²) in [6, 6.07) is 14.1. The van der Waals surface area contributed by atoms with Crippen LogP contribution in [0.3, 0.4) is 0 Å². The van der Waals surface area contributed by atoms with Gasteiger partial charge in [0.15, 0.2) is 0 Å². The molecule has 122 valence electrons. The van der Waals surface area contributed by atoms with Crippen molar-refractivity contribution in [3.8, 4) is 0 Å². The van der Waals surface area contributed by atoms with Crippen LogP contribution < -0.4 is 10.6 Å². The quantitative estimate of drug-likeness (QED) is 0.890. The van der Waals surface area contributed by atoms with Crippen LogP contribution in [-0.2, 0) is 4.79 Å². The van der Waals surface area contributed by atoms with Crippen molar-refractivity contribution in [2.24, 2.45) is 5.73 Å². The maximum atomic E-state index is 12.2. The number of hydrogen-bond donors (Lipinski definition) is 1. The number of pyridine rings is 1. The van der Waals surface area contributed by atoms with Gasteiger partial charge in [0, 0.05) is 24.0 Å². The second-order valence-corrected chi connectivity index (χ2v) is 6.24. The van der Waals surface area contributed by atoms with E-state index < -0.39 is 5.92 Å². The molecule has 1 aromatic heterocycles. The van der Waals surface area contributed by atoms with Gasteiger partial charge in [0.2, 0.25) is 5.91 Å². The molecule has 0 saturated heterocycles. The fraction of sp³-hybridized carbons (Fsp3) is 0.368. The summed E-state index contributed by atoms with van der Waals surface area (Å²) in [5.74, 6) is -0.934. The van der Waals surface area contributed by atoms with E-state index in [-0.39, 0.29) is 5.91 Å². The van der Waals surface area contributed by atoms with Crippen LogP contribution >= 0.6 is 0 Å². The molecule has 1 atom stereocenters. The number of aromatic nitrogens is 1. The molecule has 1 heterocycles. The van der Waals surface area contributed by atoms with Crippen molar-refractivity contribution >= 4 is 11.6 Å². The van der Waals surface area contributed by atoms with E-state index in [1.165, 1.54) is 0 Å². The first kappa shape index (κ1) is 17.0. The highest BCUT2D eigenvalue weighted by Crippen LogP contribution is 2.33. The minimum atomic E-state index is -0.549. The van der Waals surface area contributed by atoms with Crippen molar-refractivity contribution in [1.82, 2.24) is 4.98 Å². The van der Waals surface area contributed by atoms with E-state index in [1.807, 2.05) is 42.5 Å². The molecule has 0 saturated carbocycles. The molecule has 0 aliphatic heterocycles. The van der Waals surface area contributed by atoms with Crippen molar-refractivity contribution in [3.63, 3.8) is 0 Å². The van der Waals surface area contributed by atoms with Gasteiger partial charge < -0.3 is 10.6 Å². The van der Waals surface area contributed by atoms with E-state index in [9.17, 15) is 4.79 Å². The summed E-state index contributed by atoms with van der Waals surface area (Å²) in [6.45, 7) is 8.60. The Morgan fingerprint density at radius 3 is 2.13 bits per heavy atom. The van der Waals surface area contributed by atoms with Gasteiger partial charge in [0.25, 0.3) is 0 Å². The van der Waals surface area contributed by atoms with Crippen LogP contribution in [0, 0.1) is 0 Å². The van der Waals surface area contributed by atoms with Crippen LogP contribution in [0.25, 0.3) is 0 Å². The number of amides is 1. The number of benzene rings is 1. The molecule has 23 heavy (non-hydrogen) atoms. The third kappa shape index (κ3) is 3.70. The van der Waals surface area contributed by atoms with Crippen LogP contribution in [0.4, 0.5) is 5.69 Å². The minimum absolute atomic E-state index is 0.313. The fourth-order valence-corrected chi connectivity index (χ4v) is 3.12. The van der Waals surface area contributed by atoms with Gasteiger partial charge >= 0.3 is 0 Å². The lowest BCUT2D eigenvalue weighted by molar-refractivity contribution is -0.118. The summed E-state index contributed by atoms with van der Waals surface area (Å²) >= 11 is 0. The Morgan fingerprint density at radius 1 is 1.00 bits per heavy atom. The lowest BCUT2D eigenvalue weighted by Crippen LogP contribution is -2.38. The molecule has 2 rings (SSSR count). The Morgan fingerprint density at radius 2 is 1.61 bits per heavy atom. The van der Waals surface area contributed by atoms with Crippen molar-refractivity contribution in [3.05, 3.63) is 59.9 Å². The molecule has 1 amide bonds. The largest absolute Gasteiger partial charge is 0.369 e. The summed E-state index contributed by atoms with van der Waals surface area (Å²) in [5, 5.41) is 0. The van der Waals surface area contributed by atoms with Crippen molar-refractivity contribution in [2.75, 3.05) is 4.90 Å². The van der Waals surface area contributed by atoms with Gasteiger partial charge in [0.05, 0.1) is 5.69 Å². The third-order valence-corrected chi connectivity index (χ3v) is 3.91. The maximum Gasteiger partial charge on any atom is 0.231 e. The van der Waals surface area contributed by atoms with Crippen LogP contribution in [0.5, 0.6) is 0 Å². The van der Waals surface area contributed by atoms with Crippen molar-refractivity contribution < 1.29 is 4.79 Å². The highest BCUT2D eigenvalue weighted by atomic mass is 16.1. The van der Waals surface area contributed by atoms with Gasteiger partial charge in [-0.25, -0.2) is 0 Å². The smallest absolute Gasteiger partial charge is 0.231 e. The maximum absolute atomic E-state index is 12.2. The van der Waals surface area contributed by atoms with Gasteiger partial charge in [-0.15, -0.1) is 0 Å². The number of nitrogens with two attached hydrogens (primary N) is 1. The minimum Gasteiger partial charge on any atom is -0.369 e. The molecular formula is C19H25N3O. The SMILES string of the molecule is CC(C)N(c1ccccc1C(C(N)=O)c1ccccn1)C(C)C. The number of para-hydroxylation sites is 1. The molecule has 1 aromatic carbocycles. The standard InChI is InChI=1S/C19H25N3O/c1-13(2)22(14(3)4)17-11-6-5-9-15(17)18(19(20)23)16-10-7-8-12-21-16/h5-14,18H,1-4H3,(H2,20,23). The van der Waals surface area contributed by atoms with E-state index in [0.29, 0.717) is 17.8 Å². The Hall–Kier alpha value is -2.36. The van der Waals surface area contributed by atoms with Gasteiger partial charge in [-0.3, -0.25) is 9.78 Å². The third-order valence-electron chi connectivity index (χ3n) is 3.91. The number of carbonyl (C=O) groups excluding carboxylic acids is 1. The summed E-state index contributed by atoms with van der Waals surface area (Å²) in [7, 11) is 0. The topological polar surface area (TPSA) is 59.2 Å². The molecule has 0 spiro atoms. The molecule has 4 nitrogen and oxygen atoms in total. The van der Waals surface area contributed by atoms with Crippen molar-refractivity contribution in [1.29, 1.82) is 0 Å². The molecule has 0 fully saturated rings. The van der Waals surface area contributed by atoms with Crippen LogP contribution in [0.1, 0.15) is 44.9 Å². The molecule has 2 aromatic rings. The average Bonchev–Trinajstić information content (AvgIpc) is 2.49. The zero-order valence-electron chi connectivity index (χ0n) is 14.2. The zero-order valence-corrected chi connectivity index (χ0v) is 14.2. The molecule has 0 aliphatic rings. The Bertz CT molecular complexity index is 645. The fourth-order valence-electron chi connectivity index (χ4n) is 3.12. The second kappa shape index (κ2) is 7.27. The zero-order chi connectivity index (χ0) is 17.0. The molecule has 0 radical (unpaired) electrons. The Balaban J connectivity index is 2.60. The van der Waals surface area contributed by atoms with Crippen LogP contribution in [-0.4, -0.2) is 23.0 Å². The number of carbonyl (C=O) groups is 1. The van der Waals surface area contributed by atoms with Crippen LogP contribution in [0.15, 0.2) is 48.7 Å². The normalized spacial score (nSPS) is 12.4. The molecule has 2 N–H and O–H groups in total. The van der Waals surface area contributed by atoms with E-state index in [4.69, 9.17) is 5.73 Å². The van der Waals surface area contributed by atoms with E-state index in [1.54, 1.807) is 6.20 Å². The molecule has 0 aliphatic carbocycles. The van der Waals surface area contributed by atoms with Gasteiger partial charge in [-0.05, 0) is 51.5 Å². The number of nitrogens with zero attached hydrogens (tertiary/aromatic N) is 2. The van der Waals surface area contributed by atoms with E-state index in [2.05, 4.69) is 37.6 Å². The van der Waals surface area contributed by atoms with Gasteiger partial charge in [0.1, 0.15) is 5.92 Å². The summed E-state index contributed by atoms with van der Waals surface area (Å²) in [6.07, 6.45) is 1.69. The van der Waals surface area contributed by atoms with E-state index in [0.717, 1.165) is 11.3 Å². The predicted molar refractivity (Wildman–Crippen MR) is 94.5 cm³/mol. The Labute approximate surface area is 138 Å². The molecular weight excluding hydrogens is 286 g/mol. The Kier molecular flexibility index (Phi) is 5.37. The molecule has 4 heteroatoms. The number of primary amides is 1. The van der Waals surface area contributed by atoms with E-state index >= 15 is 0 Å². The predicted octanol–water partition coefficient (Wildman–Crippen LogP) is 3.32. The second-order valence-electron chi connectivity index (χ2n) is 6.24. The number of anilines is 1. The van der Waals surface area contributed by atoms with Crippen LogP contribution in [0.2, 0.25) is 0 Å². The number of rotatable bonds is 6. The monoisotopic (exact) mass is 311 g/mol. The van der Waals surface area contributed by atoms with Crippen molar-refractivity contribution in [2.45, 2.75) is 45.7 Å². The first-order chi connectivity index (χ1) is 10.9. The summed E-state index contributed by atoms with van der Waals surface area (Å²) < 4.78 is 0. The first-order valence-corrected chi connectivity index (χ1v) is 8.01. The highest BCUT2D eigenvalue weighted by Gasteiger charge is 2.27. The first-order valence-electron chi connectivity index (χ1n) is 8.01. The van der Waals surface area contributed by atoms with Gasteiger partial charge in [-0.1, -0.05) is 24.3 Å². The lowest BCUT2D eigenvalue weighted by Gasteiger charge is -2.35.